The van der Waals surface area contributed by atoms with Crippen LogP contribution in [-0.2, 0) is 6.54 Å². The number of likely N-dealkylation sites (N-methyl/N-ethyl adjacent to an activating group) is 1. The molecule has 0 saturated heterocycles. The summed E-state index contributed by atoms with van der Waals surface area (Å²) < 4.78 is 3.79. The minimum absolute atomic E-state index is 0.140. The van der Waals surface area contributed by atoms with Crippen molar-refractivity contribution in [3.05, 3.63) is 11.1 Å². The Morgan fingerprint density at radius 2 is 2.31 bits per heavy atom. The minimum Gasteiger partial charge on any atom is -0.394 e. The summed E-state index contributed by atoms with van der Waals surface area (Å²) in [6.45, 7) is 4.85. The standard InChI is InChI=1S/C8H15N3OS/c1-8(2,6-12)11(3)4-7-5-13-10-9-7/h5,12H,4,6H2,1-3H3. The maximum Gasteiger partial charge on any atom is 0.0895 e. The van der Waals surface area contributed by atoms with Gasteiger partial charge in [-0.15, -0.1) is 5.10 Å². The largest absolute Gasteiger partial charge is 0.394 e. The molecule has 1 rings (SSSR count). The van der Waals surface area contributed by atoms with Gasteiger partial charge in [-0.2, -0.15) is 0 Å². The third kappa shape index (κ3) is 2.72. The highest BCUT2D eigenvalue weighted by molar-refractivity contribution is 7.03. The van der Waals surface area contributed by atoms with E-state index in [0.717, 1.165) is 12.2 Å². The number of aliphatic hydroxyl groups is 1. The van der Waals surface area contributed by atoms with Gasteiger partial charge in [0.1, 0.15) is 0 Å². The summed E-state index contributed by atoms with van der Waals surface area (Å²) in [7, 11) is 1.97. The quantitative estimate of drug-likeness (QED) is 0.780. The molecule has 0 aliphatic rings. The van der Waals surface area contributed by atoms with Crippen molar-refractivity contribution in [3.8, 4) is 0 Å². The van der Waals surface area contributed by atoms with Crippen LogP contribution >= 0.6 is 11.5 Å². The van der Waals surface area contributed by atoms with Crippen LogP contribution in [0.2, 0.25) is 0 Å². The maximum absolute atomic E-state index is 9.12. The highest BCUT2D eigenvalue weighted by atomic mass is 32.1. The second-order valence-corrected chi connectivity index (χ2v) is 4.33. The smallest absolute Gasteiger partial charge is 0.0895 e. The fourth-order valence-electron chi connectivity index (χ4n) is 0.831. The molecule has 1 aromatic heterocycles. The molecule has 0 saturated carbocycles. The first-order valence-corrected chi connectivity index (χ1v) is 4.98. The van der Waals surface area contributed by atoms with Crippen LogP contribution < -0.4 is 0 Å². The van der Waals surface area contributed by atoms with Crippen LogP contribution in [0.1, 0.15) is 19.5 Å². The molecule has 13 heavy (non-hydrogen) atoms. The molecule has 0 unspecified atom stereocenters. The zero-order chi connectivity index (χ0) is 9.90. The van der Waals surface area contributed by atoms with Crippen LogP contribution in [0.3, 0.4) is 0 Å². The normalized spacial score (nSPS) is 12.4. The number of aromatic nitrogens is 2. The van der Waals surface area contributed by atoms with Crippen LogP contribution in [0.25, 0.3) is 0 Å². The van der Waals surface area contributed by atoms with Crippen LogP contribution in [0.5, 0.6) is 0 Å². The van der Waals surface area contributed by atoms with Gasteiger partial charge < -0.3 is 5.11 Å². The molecule has 1 N–H and O–H groups in total. The fraction of sp³-hybridized carbons (Fsp3) is 0.750. The van der Waals surface area contributed by atoms with Gasteiger partial charge in [0, 0.05) is 17.5 Å². The van der Waals surface area contributed by atoms with Gasteiger partial charge in [-0.25, -0.2) is 0 Å². The van der Waals surface area contributed by atoms with Gasteiger partial charge in [-0.1, -0.05) is 4.49 Å². The number of rotatable bonds is 4. The summed E-state index contributed by atoms with van der Waals surface area (Å²) >= 11 is 1.35. The maximum atomic E-state index is 9.12. The van der Waals surface area contributed by atoms with E-state index in [4.69, 9.17) is 5.11 Å². The van der Waals surface area contributed by atoms with E-state index in [9.17, 15) is 0 Å². The second-order valence-electron chi connectivity index (χ2n) is 3.72. The fourth-order valence-corrected chi connectivity index (χ4v) is 1.27. The van der Waals surface area contributed by atoms with Crippen molar-refractivity contribution >= 4 is 11.5 Å². The molecule has 4 nitrogen and oxygen atoms in total. The predicted octanol–water partition coefficient (Wildman–Crippen LogP) is 0.741. The number of nitrogens with zero attached hydrogens (tertiary/aromatic N) is 3. The highest BCUT2D eigenvalue weighted by Gasteiger charge is 2.22. The highest BCUT2D eigenvalue weighted by Crippen LogP contribution is 2.14. The number of hydrogen-bond donors (Lipinski definition) is 1. The first-order chi connectivity index (χ1) is 6.06. The first kappa shape index (κ1) is 10.6. The molecule has 0 radical (unpaired) electrons. The Bertz CT molecular complexity index is 248. The molecule has 0 aliphatic heterocycles. The summed E-state index contributed by atoms with van der Waals surface area (Å²) in [6.07, 6.45) is 0. The van der Waals surface area contributed by atoms with E-state index in [0.29, 0.717) is 0 Å². The summed E-state index contributed by atoms with van der Waals surface area (Å²) in [6, 6.07) is 0. The van der Waals surface area contributed by atoms with Crippen LogP contribution in [-0.4, -0.2) is 38.8 Å². The molecule has 0 fully saturated rings. The lowest BCUT2D eigenvalue weighted by Crippen LogP contribution is -2.43. The van der Waals surface area contributed by atoms with E-state index in [1.165, 1.54) is 11.5 Å². The van der Waals surface area contributed by atoms with Crippen LogP contribution in [0.4, 0.5) is 0 Å². The van der Waals surface area contributed by atoms with E-state index in [1.807, 2.05) is 26.3 Å². The van der Waals surface area contributed by atoms with Crippen molar-refractivity contribution in [2.45, 2.75) is 25.9 Å². The summed E-state index contributed by atoms with van der Waals surface area (Å²) in [5, 5.41) is 15.0. The molecule has 0 aliphatic carbocycles. The molecule has 1 heterocycles. The van der Waals surface area contributed by atoms with E-state index < -0.39 is 0 Å². The lowest BCUT2D eigenvalue weighted by Gasteiger charge is -2.33. The molecular weight excluding hydrogens is 186 g/mol. The van der Waals surface area contributed by atoms with Crippen molar-refractivity contribution < 1.29 is 5.11 Å². The second kappa shape index (κ2) is 4.13. The first-order valence-electron chi connectivity index (χ1n) is 4.14. The van der Waals surface area contributed by atoms with Crippen molar-refractivity contribution in [3.63, 3.8) is 0 Å². The average Bonchev–Trinajstić information content (AvgIpc) is 2.57. The summed E-state index contributed by atoms with van der Waals surface area (Å²) in [5.74, 6) is 0. The molecule has 0 bridgehead atoms. The monoisotopic (exact) mass is 201 g/mol. The third-order valence-electron chi connectivity index (χ3n) is 2.22. The van der Waals surface area contributed by atoms with Crippen LogP contribution in [0, 0.1) is 0 Å². The Labute approximate surface area is 82.4 Å². The SMILES string of the molecule is CN(Cc1csnn1)C(C)(C)CO. The lowest BCUT2D eigenvalue weighted by atomic mass is 10.1. The van der Waals surface area contributed by atoms with Gasteiger partial charge in [-0.3, -0.25) is 4.90 Å². The minimum atomic E-state index is -0.205. The molecule has 74 valence electrons. The molecule has 0 amide bonds. The summed E-state index contributed by atoms with van der Waals surface area (Å²) in [4.78, 5) is 2.06. The van der Waals surface area contributed by atoms with E-state index in [-0.39, 0.29) is 12.1 Å². The Morgan fingerprint density at radius 1 is 1.62 bits per heavy atom. The Hall–Kier alpha value is -0.520. The molecular formula is C8H15N3OS. The van der Waals surface area contributed by atoms with Crippen molar-refractivity contribution in [1.29, 1.82) is 0 Å². The molecule has 0 spiro atoms. The van der Waals surface area contributed by atoms with Crippen molar-refractivity contribution in [1.82, 2.24) is 14.5 Å². The van der Waals surface area contributed by atoms with Gasteiger partial charge in [0.2, 0.25) is 0 Å². The lowest BCUT2D eigenvalue weighted by molar-refractivity contribution is 0.0724. The number of aliphatic hydroxyl groups excluding tert-OH is 1. The Balaban J connectivity index is 2.55. The van der Waals surface area contributed by atoms with Gasteiger partial charge in [0.15, 0.2) is 0 Å². The van der Waals surface area contributed by atoms with Gasteiger partial charge in [-0.05, 0) is 32.4 Å². The van der Waals surface area contributed by atoms with Crippen LogP contribution in [0.15, 0.2) is 5.38 Å². The predicted molar refractivity (Wildman–Crippen MR) is 52.5 cm³/mol. The Kier molecular flexibility index (Phi) is 3.35. The third-order valence-corrected chi connectivity index (χ3v) is 2.78. The number of hydrogen-bond acceptors (Lipinski definition) is 5. The summed E-state index contributed by atoms with van der Waals surface area (Å²) in [5.41, 5.74) is 0.748. The van der Waals surface area contributed by atoms with Gasteiger partial charge in [0.25, 0.3) is 0 Å². The van der Waals surface area contributed by atoms with E-state index >= 15 is 0 Å². The van der Waals surface area contributed by atoms with Crippen molar-refractivity contribution in [2.24, 2.45) is 0 Å². The van der Waals surface area contributed by atoms with Crippen molar-refractivity contribution in [2.75, 3.05) is 13.7 Å². The zero-order valence-electron chi connectivity index (χ0n) is 8.19. The van der Waals surface area contributed by atoms with E-state index in [1.54, 1.807) is 0 Å². The van der Waals surface area contributed by atoms with E-state index in [2.05, 4.69) is 14.5 Å². The van der Waals surface area contributed by atoms with Gasteiger partial charge >= 0.3 is 0 Å². The Morgan fingerprint density at radius 3 is 2.77 bits per heavy atom. The van der Waals surface area contributed by atoms with Gasteiger partial charge in [0.05, 0.1) is 12.3 Å². The molecule has 5 heteroatoms. The molecule has 0 aromatic carbocycles. The topological polar surface area (TPSA) is 49.2 Å². The molecule has 1 aromatic rings. The zero-order valence-corrected chi connectivity index (χ0v) is 9.01. The average molecular weight is 201 g/mol. The molecule has 0 atom stereocenters.